The van der Waals surface area contributed by atoms with Gasteiger partial charge in [0, 0.05) is 0 Å². The summed E-state index contributed by atoms with van der Waals surface area (Å²) in [6.07, 6.45) is 0. The third kappa shape index (κ3) is 2.66. The van der Waals surface area contributed by atoms with Crippen molar-refractivity contribution in [2.24, 2.45) is 0 Å². The van der Waals surface area contributed by atoms with E-state index in [1.54, 1.807) is 0 Å². The summed E-state index contributed by atoms with van der Waals surface area (Å²) >= 11 is 0. The molecule has 0 atom stereocenters. The minimum absolute atomic E-state index is 0.0739. The van der Waals surface area contributed by atoms with Crippen LogP contribution in [0.25, 0.3) is 0 Å². The summed E-state index contributed by atoms with van der Waals surface area (Å²) < 4.78 is 40.8. The summed E-state index contributed by atoms with van der Waals surface area (Å²) in [5.74, 6) is -1.04. The number of benzene rings is 1. The molecular formula is C9H11FO4S. The Morgan fingerprint density at radius 2 is 2.13 bits per heavy atom. The number of halogens is 1. The molecule has 15 heavy (non-hydrogen) atoms. The predicted octanol–water partition coefficient (Wildman–Crippen LogP) is 0.600. The summed E-state index contributed by atoms with van der Waals surface area (Å²) in [6, 6.07) is 3.22. The maximum Gasteiger partial charge on any atom is 0.184 e. The third-order valence-corrected chi connectivity index (χ3v) is 3.53. The Labute approximate surface area is 87.2 Å². The standard InChI is InChI=1S/C9H11FO4S/c1-14-8-3-2-7(10)6-9(8)15(12,13)5-4-11/h2-3,6,11H,4-5H2,1H3. The van der Waals surface area contributed by atoms with E-state index in [4.69, 9.17) is 9.84 Å². The van der Waals surface area contributed by atoms with Crippen molar-refractivity contribution in [2.75, 3.05) is 19.5 Å². The van der Waals surface area contributed by atoms with Crippen LogP contribution in [0.3, 0.4) is 0 Å². The first-order valence-corrected chi connectivity index (χ1v) is 5.83. The predicted molar refractivity (Wildman–Crippen MR) is 52.1 cm³/mol. The molecule has 0 aliphatic rings. The average Bonchev–Trinajstić information content (AvgIpc) is 2.17. The lowest BCUT2D eigenvalue weighted by Gasteiger charge is -2.08. The van der Waals surface area contributed by atoms with E-state index in [1.807, 2.05) is 0 Å². The van der Waals surface area contributed by atoms with E-state index in [2.05, 4.69) is 0 Å². The van der Waals surface area contributed by atoms with Crippen molar-refractivity contribution in [3.05, 3.63) is 24.0 Å². The smallest absolute Gasteiger partial charge is 0.184 e. The van der Waals surface area contributed by atoms with Gasteiger partial charge >= 0.3 is 0 Å². The quantitative estimate of drug-likeness (QED) is 0.828. The number of sulfone groups is 1. The zero-order valence-corrected chi connectivity index (χ0v) is 8.92. The summed E-state index contributed by atoms with van der Waals surface area (Å²) in [7, 11) is -2.39. The zero-order chi connectivity index (χ0) is 11.5. The molecule has 0 spiro atoms. The fourth-order valence-corrected chi connectivity index (χ4v) is 2.33. The van der Waals surface area contributed by atoms with Gasteiger partial charge in [-0.2, -0.15) is 0 Å². The zero-order valence-electron chi connectivity index (χ0n) is 8.10. The highest BCUT2D eigenvalue weighted by molar-refractivity contribution is 7.91. The first-order chi connectivity index (χ1) is 7.01. The van der Waals surface area contributed by atoms with Crippen LogP contribution in [0.4, 0.5) is 4.39 Å². The molecular weight excluding hydrogens is 223 g/mol. The normalized spacial score (nSPS) is 11.4. The molecule has 1 rings (SSSR count). The van der Waals surface area contributed by atoms with Crippen molar-refractivity contribution in [3.63, 3.8) is 0 Å². The van der Waals surface area contributed by atoms with Gasteiger partial charge in [0.25, 0.3) is 0 Å². The third-order valence-electron chi connectivity index (χ3n) is 1.82. The summed E-state index contributed by atoms with van der Waals surface area (Å²) in [5, 5.41) is 8.58. The van der Waals surface area contributed by atoms with E-state index in [0.717, 1.165) is 12.1 Å². The van der Waals surface area contributed by atoms with Gasteiger partial charge in [0.1, 0.15) is 16.5 Å². The number of hydrogen-bond donors (Lipinski definition) is 1. The van der Waals surface area contributed by atoms with Crippen LogP contribution in [0.15, 0.2) is 23.1 Å². The Morgan fingerprint density at radius 3 is 2.67 bits per heavy atom. The molecule has 0 saturated heterocycles. The van der Waals surface area contributed by atoms with Crippen LogP contribution in [-0.4, -0.2) is 33.0 Å². The molecule has 0 heterocycles. The molecule has 4 nitrogen and oxygen atoms in total. The lowest BCUT2D eigenvalue weighted by atomic mass is 10.3. The Balaban J connectivity index is 3.28. The second kappa shape index (κ2) is 4.59. The highest BCUT2D eigenvalue weighted by Crippen LogP contribution is 2.25. The molecule has 0 saturated carbocycles. The van der Waals surface area contributed by atoms with Gasteiger partial charge in [0.2, 0.25) is 0 Å². The number of hydrogen-bond acceptors (Lipinski definition) is 4. The van der Waals surface area contributed by atoms with Crippen molar-refractivity contribution in [1.82, 2.24) is 0 Å². The van der Waals surface area contributed by atoms with Crippen molar-refractivity contribution in [2.45, 2.75) is 4.90 Å². The minimum atomic E-state index is -3.69. The average molecular weight is 234 g/mol. The van der Waals surface area contributed by atoms with E-state index in [0.29, 0.717) is 0 Å². The highest BCUT2D eigenvalue weighted by atomic mass is 32.2. The second-order valence-corrected chi connectivity index (χ2v) is 4.92. The molecule has 0 aliphatic carbocycles. The molecule has 0 amide bonds. The molecule has 6 heteroatoms. The van der Waals surface area contributed by atoms with Crippen LogP contribution in [0, 0.1) is 5.82 Å². The number of aliphatic hydroxyl groups is 1. The monoisotopic (exact) mass is 234 g/mol. The fraction of sp³-hybridized carbons (Fsp3) is 0.333. The largest absolute Gasteiger partial charge is 0.495 e. The molecule has 0 bridgehead atoms. The van der Waals surface area contributed by atoms with E-state index >= 15 is 0 Å². The van der Waals surface area contributed by atoms with E-state index < -0.39 is 28.0 Å². The van der Waals surface area contributed by atoms with Gasteiger partial charge in [0.15, 0.2) is 9.84 Å². The Kier molecular flexibility index (Phi) is 3.65. The van der Waals surface area contributed by atoms with Crippen LogP contribution >= 0.6 is 0 Å². The van der Waals surface area contributed by atoms with Gasteiger partial charge in [-0.05, 0) is 18.2 Å². The van der Waals surface area contributed by atoms with Crippen molar-refractivity contribution in [1.29, 1.82) is 0 Å². The lowest BCUT2D eigenvalue weighted by Crippen LogP contribution is -2.11. The van der Waals surface area contributed by atoms with Crippen LogP contribution in [0.2, 0.25) is 0 Å². The van der Waals surface area contributed by atoms with Gasteiger partial charge in [-0.1, -0.05) is 0 Å². The molecule has 0 radical (unpaired) electrons. The maximum atomic E-state index is 12.9. The number of ether oxygens (including phenoxy) is 1. The molecule has 1 aromatic carbocycles. The Morgan fingerprint density at radius 1 is 1.47 bits per heavy atom. The first kappa shape index (κ1) is 11.9. The van der Waals surface area contributed by atoms with E-state index in [9.17, 15) is 12.8 Å². The fourth-order valence-electron chi connectivity index (χ4n) is 1.12. The van der Waals surface area contributed by atoms with Crippen LogP contribution in [-0.2, 0) is 9.84 Å². The van der Waals surface area contributed by atoms with Crippen molar-refractivity contribution < 1.29 is 22.7 Å². The van der Waals surface area contributed by atoms with Gasteiger partial charge in [0.05, 0.1) is 19.5 Å². The maximum absolute atomic E-state index is 12.9. The Bertz CT molecular complexity index is 441. The second-order valence-electron chi connectivity index (χ2n) is 2.84. The molecule has 84 valence electrons. The topological polar surface area (TPSA) is 63.6 Å². The van der Waals surface area contributed by atoms with E-state index in [1.165, 1.54) is 13.2 Å². The molecule has 0 aromatic heterocycles. The van der Waals surface area contributed by atoms with Crippen molar-refractivity contribution >= 4 is 9.84 Å². The molecule has 1 aromatic rings. The highest BCUT2D eigenvalue weighted by Gasteiger charge is 2.19. The van der Waals surface area contributed by atoms with Gasteiger partial charge < -0.3 is 9.84 Å². The molecule has 0 unspecified atom stereocenters. The summed E-state index contributed by atoms with van der Waals surface area (Å²) in [6.45, 7) is -0.512. The molecule has 0 aliphatic heterocycles. The lowest BCUT2D eigenvalue weighted by molar-refractivity contribution is 0.319. The SMILES string of the molecule is COc1ccc(F)cc1S(=O)(=O)CCO. The number of aliphatic hydroxyl groups excluding tert-OH is 1. The molecule has 0 fully saturated rings. The number of rotatable bonds is 4. The van der Waals surface area contributed by atoms with E-state index in [-0.39, 0.29) is 10.6 Å². The number of methoxy groups -OCH3 is 1. The summed E-state index contributed by atoms with van der Waals surface area (Å²) in [4.78, 5) is -0.237. The van der Waals surface area contributed by atoms with Crippen LogP contribution in [0.1, 0.15) is 0 Å². The minimum Gasteiger partial charge on any atom is -0.495 e. The van der Waals surface area contributed by atoms with Gasteiger partial charge in [-0.15, -0.1) is 0 Å². The summed E-state index contributed by atoms with van der Waals surface area (Å²) in [5.41, 5.74) is 0. The van der Waals surface area contributed by atoms with Crippen molar-refractivity contribution in [3.8, 4) is 5.75 Å². The Hall–Kier alpha value is -1.14. The van der Waals surface area contributed by atoms with Crippen LogP contribution < -0.4 is 4.74 Å². The van der Waals surface area contributed by atoms with Gasteiger partial charge in [-0.3, -0.25) is 0 Å². The first-order valence-electron chi connectivity index (χ1n) is 4.18. The van der Waals surface area contributed by atoms with Crippen LogP contribution in [0.5, 0.6) is 5.75 Å². The van der Waals surface area contributed by atoms with Gasteiger partial charge in [-0.25, -0.2) is 12.8 Å². The molecule has 1 N–H and O–H groups in total.